The van der Waals surface area contributed by atoms with Crippen LogP contribution < -0.4 is 11.1 Å². The first-order valence-electron chi connectivity index (χ1n) is 5.53. The summed E-state index contributed by atoms with van der Waals surface area (Å²) in [6.07, 6.45) is 0. The van der Waals surface area contributed by atoms with Gasteiger partial charge >= 0.3 is 0 Å². The van der Waals surface area contributed by atoms with Gasteiger partial charge < -0.3 is 16.0 Å². The number of nitrogens with one attached hydrogen (secondary N) is 1. The monoisotopic (exact) mass is 253 g/mol. The van der Waals surface area contributed by atoms with Crippen LogP contribution in [0.15, 0.2) is 18.2 Å². The number of benzene rings is 1. The van der Waals surface area contributed by atoms with Crippen molar-refractivity contribution in [1.82, 2.24) is 10.2 Å². The molecular formula is C12H16FN3O2. The molecule has 3 N–H and O–H groups in total. The molecule has 0 aliphatic carbocycles. The van der Waals surface area contributed by atoms with E-state index in [1.54, 1.807) is 7.05 Å². The fraction of sp³-hybridized carbons (Fsp3) is 0.333. The lowest BCUT2D eigenvalue weighted by atomic mass is 10.1. The Morgan fingerprint density at radius 3 is 2.72 bits per heavy atom. The summed E-state index contributed by atoms with van der Waals surface area (Å²) >= 11 is 0. The summed E-state index contributed by atoms with van der Waals surface area (Å²) in [4.78, 5) is 24.6. The number of nitrogens with zero attached hydrogens (tertiary/aromatic N) is 1. The summed E-state index contributed by atoms with van der Waals surface area (Å²) in [5, 5.41) is 2.41. The van der Waals surface area contributed by atoms with Gasteiger partial charge in [0.15, 0.2) is 0 Å². The average molecular weight is 253 g/mol. The van der Waals surface area contributed by atoms with Crippen LogP contribution in [0.5, 0.6) is 0 Å². The van der Waals surface area contributed by atoms with E-state index >= 15 is 0 Å². The normalized spacial score (nSPS) is 9.94. The number of carbonyl (C=O) groups is 2. The number of carbonyl (C=O) groups excluding carboxylic acids is 2. The molecule has 0 aromatic heterocycles. The highest BCUT2D eigenvalue weighted by atomic mass is 19.1. The van der Waals surface area contributed by atoms with Gasteiger partial charge in [0, 0.05) is 19.3 Å². The van der Waals surface area contributed by atoms with E-state index in [1.165, 1.54) is 17.0 Å². The summed E-state index contributed by atoms with van der Waals surface area (Å²) < 4.78 is 13.0. The third-order valence-corrected chi connectivity index (χ3v) is 2.56. The standard InChI is InChI=1S/C12H16FN3O2/c1-3-16(2)11(17)7-15-12(18)9-6-8(13)4-5-10(9)14/h4-6H,3,7,14H2,1-2H3,(H,15,18). The first-order chi connectivity index (χ1) is 8.45. The predicted molar refractivity (Wildman–Crippen MR) is 66.5 cm³/mol. The Kier molecular flexibility index (Phi) is 4.65. The molecule has 0 fully saturated rings. The Morgan fingerprint density at radius 2 is 2.11 bits per heavy atom. The summed E-state index contributed by atoms with van der Waals surface area (Å²) in [5.41, 5.74) is 5.76. The number of amides is 2. The van der Waals surface area contributed by atoms with E-state index < -0.39 is 11.7 Å². The van der Waals surface area contributed by atoms with Gasteiger partial charge in [-0.25, -0.2) is 4.39 Å². The molecule has 0 saturated carbocycles. The minimum absolute atomic E-state index is 0.0296. The molecule has 0 aliphatic rings. The van der Waals surface area contributed by atoms with Crippen molar-refractivity contribution in [2.75, 3.05) is 25.9 Å². The molecule has 5 nitrogen and oxygen atoms in total. The van der Waals surface area contributed by atoms with Crippen molar-refractivity contribution in [3.05, 3.63) is 29.6 Å². The summed E-state index contributed by atoms with van der Waals surface area (Å²) in [5.74, 6) is -1.34. The Balaban J connectivity index is 2.66. The predicted octanol–water partition coefficient (Wildman–Crippen LogP) is 0.616. The number of rotatable bonds is 4. The lowest BCUT2D eigenvalue weighted by Crippen LogP contribution is -2.38. The van der Waals surface area contributed by atoms with Crippen LogP contribution in [0.1, 0.15) is 17.3 Å². The smallest absolute Gasteiger partial charge is 0.253 e. The molecular weight excluding hydrogens is 237 g/mol. The van der Waals surface area contributed by atoms with E-state index in [-0.39, 0.29) is 23.7 Å². The van der Waals surface area contributed by atoms with E-state index in [0.29, 0.717) is 6.54 Å². The molecule has 0 heterocycles. The van der Waals surface area contributed by atoms with Gasteiger partial charge in [-0.1, -0.05) is 0 Å². The van der Waals surface area contributed by atoms with Crippen LogP contribution in [-0.2, 0) is 4.79 Å². The molecule has 2 amide bonds. The van der Waals surface area contributed by atoms with Gasteiger partial charge in [0.1, 0.15) is 5.82 Å². The number of nitrogens with two attached hydrogens (primary N) is 1. The van der Waals surface area contributed by atoms with Crippen molar-refractivity contribution in [3.63, 3.8) is 0 Å². The van der Waals surface area contributed by atoms with E-state index in [0.717, 1.165) is 6.07 Å². The molecule has 1 aromatic carbocycles. The van der Waals surface area contributed by atoms with Crippen LogP contribution in [0.2, 0.25) is 0 Å². The summed E-state index contributed by atoms with van der Waals surface area (Å²) in [6.45, 7) is 2.24. The maximum Gasteiger partial charge on any atom is 0.253 e. The number of hydrogen-bond acceptors (Lipinski definition) is 3. The third kappa shape index (κ3) is 3.44. The van der Waals surface area contributed by atoms with Crippen LogP contribution in [-0.4, -0.2) is 36.9 Å². The number of halogens is 1. The number of anilines is 1. The highest BCUT2D eigenvalue weighted by molar-refractivity contribution is 6.00. The van der Waals surface area contributed by atoms with Crippen LogP contribution in [0.25, 0.3) is 0 Å². The zero-order valence-electron chi connectivity index (χ0n) is 10.4. The van der Waals surface area contributed by atoms with Crippen LogP contribution in [0.4, 0.5) is 10.1 Å². The van der Waals surface area contributed by atoms with Crippen LogP contribution in [0, 0.1) is 5.82 Å². The van der Waals surface area contributed by atoms with Gasteiger partial charge in [-0.15, -0.1) is 0 Å². The Bertz CT molecular complexity index is 463. The Labute approximate surface area is 105 Å². The van der Waals surface area contributed by atoms with Crippen molar-refractivity contribution in [1.29, 1.82) is 0 Å². The first kappa shape index (κ1) is 14.0. The topological polar surface area (TPSA) is 75.4 Å². The Morgan fingerprint density at radius 1 is 1.44 bits per heavy atom. The number of likely N-dealkylation sites (N-methyl/N-ethyl adjacent to an activating group) is 1. The van der Waals surface area contributed by atoms with Crippen LogP contribution >= 0.6 is 0 Å². The second-order valence-electron chi connectivity index (χ2n) is 3.82. The lowest BCUT2D eigenvalue weighted by molar-refractivity contribution is -0.128. The zero-order valence-corrected chi connectivity index (χ0v) is 10.4. The van der Waals surface area contributed by atoms with Crippen LogP contribution in [0.3, 0.4) is 0 Å². The van der Waals surface area contributed by atoms with E-state index in [4.69, 9.17) is 5.73 Å². The number of nitrogen functional groups attached to an aromatic ring is 1. The fourth-order valence-electron chi connectivity index (χ4n) is 1.29. The molecule has 0 spiro atoms. The van der Waals surface area contributed by atoms with Crippen molar-refractivity contribution < 1.29 is 14.0 Å². The van der Waals surface area contributed by atoms with E-state index in [2.05, 4.69) is 5.32 Å². The SMILES string of the molecule is CCN(C)C(=O)CNC(=O)c1cc(F)ccc1N. The molecule has 6 heteroatoms. The highest BCUT2D eigenvalue weighted by Crippen LogP contribution is 2.12. The molecule has 98 valence electrons. The first-order valence-corrected chi connectivity index (χ1v) is 5.53. The average Bonchev–Trinajstić information content (AvgIpc) is 2.37. The van der Waals surface area contributed by atoms with Gasteiger partial charge in [0.2, 0.25) is 5.91 Å². The van der Waals surface area contributed by atoms with E-state index in [9.17, 15) is 14.0 Å². The molecule has 0 bridgehead atoms. The minimum atomic E-state index is -0.565. The Hall–Kier alpha value is -2.11. The quantitative estimate of drug-likeness (QED) is 0.772. The number of hydrogen-bond donors (Lipinski definition) is 2. The van der Waals surface area contributed by atoms with Gasteiger partial charge in [-0.3, -0.25) is 9.59 Å². The van der Waals surface area contributed by atoms with Crippen molar-refractivity contribution in [3.8, 4) is 0 Å². The highest BCUT2D eigenvalue weighted by Gasteiger charge is 2.13. The maximum atomic E-state index is 13.0. The fourth-order valence-corrected chi connectivity index (χ4v) is 1.29. The van der Waals surface area contributed by atoms with Crippen molar-refractivity contribution >= 4 is 17.5 Å². The lowest BCUT2D eigenvalue weighted by Gasteiger charge is -2.15. The summed E-state index contributed by atoms with van der Waals surface area (Å²) in [6, 6.07) is 3.52. The molecule has 0 atom stereocenters. The second-order valence-corrected chi connectivity index (χ2v) is 3.82. The third-order valence-electron chi connectivity index (χ3n) is 2.56. The van der Waals surface area contributed by atoms with Gasteiger partial charge in [-0.2, -0.15) is 0 Å². The molecule has 0 radical (unpaired) electrons. The molecule has 1 aromatic rings. The van der Waals surface area contributed by atoms with Gasteiger partial charge in [0.05, 0.1) is 12.1 Å². The molecule has 18 heavy (non-hydrogen) atoms. The second kappa shape index (κ2) is 6.00. The molecule has 0 saturated heterocycles. The van der Waals surface area contributed by atoms with Gasteiger partial charge in [-0.05, 0) is 25.1 Å². The maximum absolute atomic E-state index is 13.0. The zero-order chi connectivity index (χ0) is 13.7. The van der Waals surface area contributed by atoms with Crippen molar-refractivity contribution in [2.24, 2.45) is 0 Å². The molecule has 0 unspecified atom stereocenters. The van der Waals surface area contributed by atoms with Gasteiger partial charge in [0.25, 0.3) is 5.91 Å². The minimum Gasteiger partial charge on any atom is -0.398 e. The molecule has 1 rings (SSSR count). The summed E-state index contributed by atoms with van der Waals surface area (Å²) in [7, 11) is 1.63. The largest absolute Gasteiger partial charge is 0.398 e. The van der Waals surface area contributed by atoms with Crippen molar-refractivity contribution in [2.45, 2.75) is 6.92 Å². The molecule has 0 aliphatic heterocycles. The van der Waals surface area contributed by atoms with E-state index in [1.807, 2.05) is 6.92 Å².